The Kier molecular flexibility index (Phi) is 4.67. The van der Waals surface area contributed by atoms with Gasteiger partial charge in [-0.3, -0.25) is 0 Å². The highest BCUT2D eigenvalue weighted by Gasteiger charge is 2.29. The molecular weight excluding hydrogens is 228 g/mol. The summed E-state index contributed by atoms with van der Waals surface area (Å²) in [5.74, 6) is -0.0767. The molecule has 5 heteroatoms. The number of hydrogen-bond acceptors (Lipinski definition) is 1. The van der Waals surface area contributed by atoms with E-state index in [4.69, 9.17) is 4.74 Å². The number of rotatable bonds is 6. The summed E-state index contributed by atoms with van der Waals surface area (Å²) in [6.45, 7) is 0.418. The maximum absolute atomic E-state index is 12.8. The fourth-order valence-electron chi connectivity index (χ4n) is 1.46. The Bertz CT molecular complexity index is 388. The van der Waals surface area contributed by atoms with Crippen molar-refractivity contribution in [1.29, 1.82) is 0 Å². The highest BCUT2D eigenvalue weighted by atomic mass is 19.4. The van der Waals surface area contributed by atoms with Gasteiger partial charge in [0.25, 0.3) is 0 Å². The van der Waals surface area contributed by atoms with Crippen molar-refractivity contribution >= 4 is 12.4 Å². The van der Waals surface area contributed by atoms with Gasteiger partial charge in [-0.2, -0.15) is 0 Å². The highest BCUT2D eigenvalue weighted by Crippen LogP contribution is 2.19. The molecule has 1 aromatic rings. The number of aryl methyl sites for hydroxylation is 1. The molecule has 1 rings (SSSR count). The Labute approximate surface area is 99.3 Å². The minimum absolute atomic E-state index is 0.0767. The summed E-state index contributed by atoms with van der Waals surface area (Å²) < 4.78 is 43.5. The predicted molar refractivity (Wildman–Crippen MR) is 64.8 cm³/mol. The van der Waals surface area contributed by atoms with Crippen molar-refractivity contribution < 1.29 is 17.7 Å². The SMILES string of the molecule is C=CCCCOc1ccc(C)cc1[B-](F)(F)F. The highest BCUT2D eigenvalue weighted by molar-refractivity contribution is 6.74. The van der Waals surface area contributed by atoms with Crippen LogP contribution in [0.1, 0.15) is 18.4 Å². The van der Waals surface area contributed by atoms with E-state index in [0.717, 1.165) is 12.5 Å². The van der Waals surface area contributed by atoms with Gasteiger partial charge in [0.05, 0.1) is 12.4 Å². The lowest BCUT2D eigenvalue weighted by atomic mass is 9.78. The van der Waals surface area contributed by atoms with Crippen LogP contribution in [0.4, 0.5) is 12.9 Å². The lowest BCUT2D eigenvalue weighted by Gasteiger charge is -2.20. The van der Waals surface area contributed by atoms with Gasteiger partial charge in [-0.15, -0.1) is 6.58 Å². The molecule has 1 aromatic carbocycles. The van der Waals surface area contributed by atoms with Crippen LogP contribution < -0.4 is 10.2 Å². The smallest absolute Gasteiger partial charge is 0.497 e. The number of benzene rings is 1. The van der Waals surface area contributed by atoms with Gasteiger partial charge < -0.3 is 17.7 Å². The number of hydrogen-bond donors (Lipinski definition) is 0. The molecule has 0 aliphatic carbocycles. The van der Waals surface area contributed by atoms with Gasteiger partial charge in [-0.25, -0.2) is 0 Å². The fourth-order valence-corrected chi connectivity index (χ4v) is 1.46. The molecule has 0 aliphatic heterocycles. The van der Waals surface area contributed by atoms with Gasteiger partial charge in [0.2, 0.25) is 0 Å². The summed E-state index contributed by atoms with van der Waals surface area (Å²) in [5, 5.41) is 0. The van der Waals surface area contributed by atoms with E-state index in [-0.39, 0.29) is 12.4 Å². The maximum Gasteiger partial charge on any atom is 0.513 e. The summed E-state index contributed by atoms with van der Waals surface area (Å²) in [6, 6.07) is 4.13. The number of ether oxygens (including phenoxy) is 1. The third-order valence-electron chi connectivity index (χ3n) is 2.33. The number of allylic oxidation sites excluding steroid dienone is 1. The van der Waals surface area contributed by atoms with E-state index in [9.17, 15) is 12.9 Å². The van der Waals surface area contributed by atoms with E-state index >= 15 is 0 Å². The second-order valence-electron chi connectivity index (χ2n) is 3.90. The standard InChI is InChI=1S/C12H15BF3O/c1-3-4-5-8-17-12-7-6-10(2)9-11(12)13(14,15)16/h3,6-7,9H,1,4-5,8H2,2H3/q-1. The van der Waals surface area contributed by atoms with Gasteiger partial charge in [0.15, 0.2) is 0 Å². The molecular formula is C12H15BF3O-. The largest absolute Gasteiger partial charge is 0.513 e. The molecule has 1 nitrogen and oxygen atoms in total. The first kappa shape index (κ1) is 13.7. The predicted octanol–water partition coefficient (Wildman–Crippen LogP) is 3.39. The fraction of sp³-hybridized carbons (Fsp3) is 0.333. The van der Waals surface area contributed by atoms with Gasteiger partial charge in [0.1, 0.15) is 0 Å². The van der Waals surface area contributed by atoms with Crippen molar-refractivity contribution in [2.45, 2.75) is 19.8 Å². The molecule has 0 aromatic heterocycles. The van der Waals surface area contributed by atoms with E-state index in [1.807, 2.05) is 0 Å². The molecule has 0 amide bonds. The Morgan fingerprint density at radius 2 is 2.06 bits per heavy atom. The Morgan fingerprint density at radius 3 is 2.65 bits per heavy atom. The zero-order chi connectivity index (χ0) is 12.9. The summed E-state index contributed by atoms with van der Waals surface area (Å²) in [4.78, 5) is 0. The van der Waals surface area contributed by atoms with E-state index in [2.05, 4.69) is 6.58 Å². The Morgan fingerprint density at radius 1 is 1.35 bits per heavy atom. The van der Waals surface area contributed by atoms with Crippen molar-refractivity contribution in [3.8, 4) is 5.75 Å². The number of halogens is 3. The van der Waals surface area contributed by atoms with Crippen LogP contribution in [0.3, 0.4) is 0 Å². The normalized spacial score (nSPS) is 11.3. The maximum atomic E-state index is 12.8. The Balaban J connectivity index is 2.80. The lowest BCUT2D eigenvalue weighted by Crippen LogP contribution is -2.35. The molecule has 0 aliphatic rings. The molecule has 17 heavy (non-hydrogen) atoms. The monoisotopic (exact) mass is 243 g/mol. The van der Waals surface area contributed by atoms with Crippen molar-refractivity contribution in [3.05, 3.63) is 36.4 Å². The molecule has 0 bridgehead atoms. The molecule has 0 unspecified atom stereocenters. The molecule has 0 atom stereocenters. The van der Waals surface area contributed by atoms with E-state index < -0.39 is 12.4 Å². The van der Waals surface area contributed by atoms with Crippen LogP contribution in [0.2, 0.25) is 0 Å². The van der Waals surface area contributed by atoms with E-state index in [1.165, 1.54) is 6.07 Å². The number of unbranched alkanes of at least 4 members (excludes halogenated alkanes) is 1. The molecule has 0 fully saturated rings. The molecule has 0 radical (unpaired) electrons. The molecule has 0 saturated carbocycles. The van der Waals surface area contributed by atoms with Crippen molar-refractivity contribution in [3.63, 3.8) is 0 Å². The van der Waals surface area contributed by atoms with Crippen LogP contribution in [0, 0.1) is 6.92 Å². The molecule has 0 spiro atoms. The quantitative estimate of drug-likeness (QED) is 0.422. The van der Waals surface area contributed by atoms with Crippen LogP contribution in [0.15, 0.2) is 30.9 Å². The summed E-state index contributed by atoms with van der Waals surface area (Å²) in [7, 11) is 0. The summed E-state index contributed by atoms with van der Waals surface area (Å²) >= 11 is 0. The lowest BCUT2D eigenvalue weighted by molar-refractivity contribution is 0.312. The molecule has 0 saturated heterocycles. The van der Waals surface area contributed by atoms with Crippen LogP contribution in [-0.4, -0.2) is 13.6 Å². The van der Waals surface area contributed by atoms with Gasteiger partial charge >= 0.3 is 6.98 Å². The van der Waals surface area contributed by atoms with Crippen molar-refractivity contribution in [2.24, 2.45) is 0 Å². The second-order valence-corrected chi connectivity index (χ2v) is 3.90. The Hall–Kier alpha value is -1.39. The molecule has 0 N–H and O–H groups in total. The van der Waals surface area contributed by atoms with Gasteiger partial charge in [0, 0.05) is 0 Å². The average molecular weight is 243 g/mol. The minimum atomic E-state index is -5.03. The topological polar surface area (TPSA) is 9.23 Å². The van der Waals surface area contributed by atoms with Crippen molar-refractivity contribution in [1.82, 2.24) is 0 Å². The van der Waals surface area contributed by atoms with Gasteiger partial charge in [-0.1, -0.05) is 29.2 Å². The van der Waals surface area contributed by atoms with E-state index in [1.54, 1.807) is 19.1 Å². The van der Waals surface area contributed by atoms with Crippen molar-refractivity contribution in [2.75, 3.05) is 6.61 Å². The zero-order valence-electron chi connectivity index (χ0n) is 9.76. The summed E-state index contributed by atoms with van der Waals surface area (Å²) in [5.41, 5.74) is -0.0683. The van der Waals surface area contributed by atoms with Crippen LogP contribution >= 0.6 is 0 Å². The average Bonchev–Trinajstić information content (AvgIpc) is 2.25. The first-order chi connectivity index (χ1) is 7.95. The first-order valence-corrected chi connectivity index (χ1v) is 5.49. The van der Waals surface area contributed by atoms with Gasteiger partial charge in [-0.05, 0) is 25.8 Å². The van der Waals surface area contributed by atoms with Crippen LogP contribution in [0.25, 0.3) is 0 Å². The minimum Gasteiger partial charge on any atom is -0.497 e. The first-order valence-electron chi connectivity index (χ1n) is 5.49. The molecule has 0 heterocycles. The third-order valence-corrected chi connectivity index (χ3v) is 2.33. The third kappa shape index (κ3) is 4.17. The second kappa shape index (κ2) is 5.80. The summed E-state index contributed by atoms with van der Waals surface area (Å²) in [6.07, 6.45) is 3.12. The van der Waals surface area contributed by atoms with Crippen LogP contribution in [0.5, 0.6) is 5.75 Å². The van der Waals surface area contributed by atoms with Crippen LogP contribution in [-0.2, 0) is 0 Å². The molecule has 94 valence electrons. The van der Waals surface area contributed by atoms with E-state index in [0.29, 0.717) is 12.0 Å². The zero-order valence-corrected chi connectivity index (χ0v) is 9.76.